The Bertz CT molecular complexity index is 924. The van der Waals surface area contributed by atoms with Crippen LogP contribution in [0.4, 0.5) is 0 Å². The monoisotopic (exact) mass is 371 g/mol. The average Bonchev–Trinajstić information content (AvgIpc) is 3.24. The van der Waals surface area contributed by atoms with E-state index in [-0.39, 0.29) is 5.91 Å². The molecule has 1 aliphatic heterocycles. The second kappa shape index (κ2) is 7.47. The van der Waals surface area contributed by atoms with Crippen LogP contribution in [0.25, 0.3) is 16.5 Å². The smallest absolute Gasteiger partial charge is 0.326 e. The third kappa shape index (κ3) is 3.44. The SMILES string of the molecule is CCOc1c(/C(C)=C/C(=O)N2CCCC2C(=O)O)cc2c(C)coc2c1C. The molecule has 0 spiro atoms. The molecule has 1 fully saturated rings. The lowest BCUT2D eigenvalue weighted by Gasteiger charge is -2.20. The predicted octanol–water partition coefficient (Wildman–Crippen LogP) is 3.93. The number of amides is 1. The van der Waals surface area contributed by atoms with Crippen molar-refractivity contribution in [1.29, 1.82) is 0 Å². The molecule has 3 rings (SSSR count). The molecule has 6 heteroatoms. The van der Waals surface area contributed by atoms with Gasteiger partial charge in [-0.25, -0.2) is 4.79 Å². The van der Waals surface area contributed by atoms with Gasteiger partial charge in [0, 0.05) is 29.1 Å². The molecule has 6 nitrogen and oxygen atoms in total. The zero-order valence-electron chi connectivity index (χ0n) is 16.2. The minimum atomic E-state index is -0.951. The molecule has 1 atom stereocenters. The Labute approximate surface area is 158 Å². The van der Waals surface area contributed by atoms with Gasteiger partial charge >= 0.3 is 5.97 Å². The van der Waals surface area contributed by atoms with E-state index in [1.165, 1.54) is 11.0 Å². The number of carboxylic acids is 1. The predicted molar refractivity (Wildman–Crippen MR) is 103 cm³/mol. The van der Waals surface area contributed by atoms with E-state index in [0.717, 1.165) is 33.2 Å². The first kappa shape index (κ1) is 19.0. The maximum atomic E-state index is 12.7. The first-order chi connectivity index (χ1) is 12.8. The van der Waals surface area contributed by atoms with Crippen LogP contribution in [0.3, 0.4) is 0 Å². The first-order valence-corrected chi connectivity index (χ1v) is 9.21. The van der Waals surface area contributed by atoms with E-state index in [9.17, 15) is 14.7 Å². The number of hydrogen-bond donors (Lipinski definition) is 1. The molecule has 1 amide bonds. The molecule has 1 aromatic heterocycles. The van der Waals surface area contributed by atoms with Gasteiger partial charge in [0.25, 0.3) is 0 Å². The number of carboxylic acid groups (broad SMARTS) is 1. The normalized spacial score (nSPS) is 17.6. The molecule has 144 valence electrons. The summed E-state index contributed by atoms with van der Waals surface area (Å²) in [5.74, 6) is -0.535. The molecule has 27 heavy (non-hydrogen) atoms. The summed E-state index contributed by atoms with van der Waals surface area (Å²) in [6.07, 6.45) is 4.43. The summed E-state index contributed by atoms with van der Waals surface area (Å²) in [6, 6.07) is 1.23. The molecule has 0 aliphatic carbocycles. The lowest BCUT2D eigenvalue weighted by atomic mass is 9.98. The van der Waals surface area contributed by atoms with Crippen molar-refractivity contribution in [3.05, 3.63) is 35.1 Å². The zero-order valence-corrected chi connectivity index (χ0v) is 16.2. The van der Waals surface area contributed by atoms with Crippen LogP contribution in [0.2, 0.25) is 0 Å². The number of aryl methyl sites for hydroxylation is 2. The van der Waals surface area contributed by atoms with Gasteiger partial charge in [0.15, 0.2) is 0 Å². The van der Waals surface area contributed by atoms with E-state index in [1.54, 1.807) is 6.26 Å². The van der Waals surface area contributed by atoms with Crippen molar-refractivity contribution in [3.63, 3.8) is 0 Å². The van der Waals surface area contributed by atoms with Gasteiger partial charge in [-0.1, -0.05) is 0 Å². The van der Waals surface area contributed by atoms with Crippen LogP contribution in [0.15, 0.2) is 22.8 Å². The molecular weight excluding hydrogens is 346 g/mol. The van der Waals surface area contributed by atoms with Crippen molar-refractivity contribution in [2.24, 2.45) is 0 Å². The van der Waals surface area contributed by atoms with E-state index >= 15 is 0 Å². The fourth-order valence-electron chi connectivity index (χ4n) is 3.69. The molecule has 1 aromatic carbocycles. The number of rotatable bonds is 5. The summed E-state index contributed by atoms with van der Waals surface area (Å²) in [4.78, 5) is 25.5. The third-order valence-corrected chi connectivity index (χ3v) is 5.11. The van der Waals surface area contributed by atoms with Crippen molar-refractivity contribution < 1.29 is 23.8 Å². The molecule has 1 saturated heterocycles. The van der Waals surface area contributed by atoms with E-state index in [1.807, 2.05) is 33.8 Å². The van der Waals surface area contributed by atoms with E-state index < -0.39 is 12.0 Å². The number of allylic oxidation sites excluding steroid dienone is 1. The third-order valence-electron chi connectivity index (χ3n) is 5.11. The van der Waals surface area contributed by atoms with Crippen LogP contribution < -0.4 is 4.74 Å². The van der Waals surface area contributed by atoms with Crippen molar-refractivity contribution in [3.8, 4) is 5.75 Å². The topological polar surface area (TPSA) is 80.0 Å². The number of ether oxygens (including phenoxy) is 1. The highest BCUT2D eigenvalue weighted by Crippen LogP contribution is 2.37. The van der Waals surface area contributed by atoms with Gasteiger partial charge in [0.2, 0.25) is 5.91 Å². The van der Waals surface area contributed by atoms with Crippen LogP contribution in [0.5, 0.6) is 5.75 Å². The minimum absolute atomic E-state index is 0.276. The second-order valence-electron chi connectivity index (χ2n) is 6.96. The average molecular weight is 371 g/mol. The molecule has 0 bridgehead atoms. The molecular formula is C21H25NO5. The Morgan fingerprint density at radius 1 is 1.41 bits per heavy atom. The summed E-state index contributed by atoms with van der Waals surface area (Å²) >= 11 is 0. The lowest BCUT2D eigenvalue weighted by molar-refractivity contribution is -0.146. The van der Waals surface area contributed by atoms with Crippen LogP contribution in [-0.4, -0.2) is 41.1 Å². The number of nitrogens with zero attached hydrogens (tertiary/aromatic N) is 1. The maximum Gasteiger partial charge on any atom is 0.326 e. The molecule has 1 aliphatic rings. The highest BCUT2D eigenvalue weighted by atomic mass is 16.5. The number of benzene rings is 1. The molecule has 1 N–H and O–H groups in total. The van der Waals surface area contributed by atoms with Crippen molar-refractivity contribution in [2.45, 2.75) is 46.6 Å². The first-order valence-electron chi connectivity index (χ1n) is 9.21. The minimum Gasteiger partial charge on any atom is -0.493 e. The van der Waals surface area contributed by atoms with E-state index in [2.05, 4.69) is 0 Å². The summed E-state index contributed by atoms with van der Waals surface area (Å²) in [5.41, 5.74) is 4.25. The van der Waals surface area contributed by atoms with E-state index in [0.29, 0.717) is 31.7 Å². The Morgan fingerprint density at radius 3 is 2.81 bits per heavy atom. The van der Waals surface area contributed by atoms with Gasteiger partial charge < -0.3 is 19.2 Å². The molecule has 1 unspecified atom stereocenters. The number of aliphatic carboxylic acids is 1. The molecule has 0 radical (unpaired) electrons. The molecule has 2 aromatic rings. The van der Waals surface area contributed by atoms with Crippen molar-refractivity contribution in [2.75, 3.05) is 13.2 Å². The highest BCUT2D eigenvalue weighted by molar-refractivity contribution is 5.99. The number of furan rings is 1. The van der Waals surface area contributed by atoms with Crippen LogP contribution >= 0.6 is 0 Å². The van der Waals surface area contributed by atoms with Crippen LogP contribution in [-0.2, 0) is 9.59 Å². The Morgan fingerprint density at radius 2 is 2.15 bits per heavy atom. The number of likely N-dealkylation sites (tertiary alicyclic amines) is 1. The summed E-state index contributed by atoms with van der Waals surface area (Å²) in [7, 11) is 0. The highest BCUT2D eigenvalue weighted by Gasteiger charge is 2.33. The zero-order chi connectivity index (χ0) is 19.7. The Hall–Kier alpha value is -2.76. The maximum absolute atomic E-state index is 12.7. The number of carbonyl (C=O) groups excluding carboxylic acids is 1. The van der Waals surface area contributed by atoms with Gasteiger partial charge in [-0.2, -0.15) is 0 Å². The van der Waals surface area contributed by atoms with Gasteiger partial charge in [0.05, 0.1) is 12.9 Å². The Balaban J connectivity index is 2.03. The van der Waals surface area contributed by atoms with Gasteiger partial charge in [-0.3, -0.25) is 4.79 Å². The summed E-state index contributed by atoms with van der Waals surface area (Å²) in [6.45, 7) is 8.64. The Kier molecular flexibility index (Phi) is 5.26. The molecule has 0 saturated carbocycles. The number of carbonyl (C=O) groups is 2. The summed E-state index contributed by atoms with van der Waals surface area (Å²) < 4.78 is 11.5. The van der Waals surface area contributed by atoms with Gasteiger partial charge in [-0.15, -0.1) is 0 Å². The lowest BCUT2D eigenvalue weighted by Crippen LogP contribution is -2.39. The van der Waals surface area contributed by atoms with Crippen molar-refractivity contribution in [1.82, 2.24) is 4.90 Å². The second-order valence-corrected chi connectivity index (χ2v) is 6.96. The molecule has 2 heterocycles. The number of fused-ring (bicyclic) bond motifs is 1. The number of hydrogen-bond acceptors (Lipinski definition) is 4. The fraction of sp³-hybridized carbons (Fsp3) is 0.429. The van der Waals surface area contributed by atoms with Crippen LogP contribution in [0, 0.1) is 13.8 Å². The van der Waals surface area contributed by atoms with Crippen LogP contribution in [0.1, 0.15) is 43.4 Å². The standard InChI is InChI=1S/C21H25NO5/c1-5-26-19-14(4)20-16(13(3)11-27-20)10-15(19)12(2)9-18(23)22-8-6-7-17(22)21(24)25/h9-11,17H,5-8H2,1-4H3,(H,24,25)/b12-9+. The van der Waals surface area contributed by atoms with Gasteiger partial charge in [-0.05, 0) is 57.7 Å². The largest absolute Gasteiger partial charge is 0.493 e. The quantitative estimate of drug-likeness (QED) is 0.806. The van der Waals surface area contributed by atoms with E-state index in [4.69, 9.17) is 9.15 Å². The van der Waals surface area contributed by atoms with Gasteiger partial charge in [0.1, 0.15) is 17.4 Å². The van der Waals surface area contributed by atoms with Crippen molar-refractivity contribution >= 4 is 28.4 Å². The summed E-state index contributed by atoms with van der Waals surface area (Å²) in [5, 5.41) is 10.3. The fourth-order valence-corrected chi connectivity index (χ4v) is 3.69.